The second-order valence-corrected chi connectivity index (χ2v) is 8.98. The van der Waals surface area contributed by atoms with Crippen LogP contribution in [0.2, 0.25) is 0 Å². The minimum Gasteiger partial charge on any atom is -0.484 e. The maximum Gasteiger partial charge on any atom is 0.273 e. The lowest BCUT2D eigenvalue weighted by atomic mass is 9.87. The van der Waals surface area contributed by atoms with E-state index in [1.165, 1.54) is 18.4 Å². The highest BCUT2D eigenvalue weighted by Gasteiger charge is 2.32. The molecule has 1 unspecified atom stereocenters. The molecule has 1 aromatic heterocycles. The standard InChI is InChI=1S/C27H31FN4O4/c1-4-25(33)32-12-10-18-8-9-21(15-22(18)26(32)19-6-5-7-20(28)14-19)35-17-24-30-23(16-36-24)27(34)29-11-13-31(2)3/h5-9,14-16,26H,4,10-13,17H2,1-3H3,(H,29,34). The fourth-order valence-electron chi connectivity index (χ4n) is 4.30. The fourth-order valence-corrected chi connectivity index (χ4v) is 4.30. The topological polar surface area (TPSA) is 87.9 Å². The number of halogens is 1. The molecule has 0 bridgehead atoms. The van der Waals surface area contributed by atoms with Gasteiger partial charge in [0.15, 0.2) is 12.3 Å². The first-order valence-corrected chi connectivity index (χ1v) is 12.0. The second-order valence-electron chi connectivity index (χ2n) is 8.98. The number of amides is 2. The number of carbonyl (C=O) groups is 2. The molecule has 1 atom stereocenters. The molecule has 0 saturated heterocycles. The Bertz CT molecular complexity index is 1230. The van der Waals surface area contributed by atoms with Gasteiger partial charge in [-0.15, -0.1) is 0 Å². The first kappa shape index (κ1) is 25.4. The highest BCUT2D eigenvalue weighted by atomic mass is 19.1. The summed E-state index contributed by atoms with van der Waals surface area (Å²) in [7, 11) is 3.86. The van der Waals surface area contributed by atoms with Crippen molar-refractivity contribution in [3.8, 4) is 5.75 Å². The molecule has 9 heteroatoms. The van der Waals surface area contributed by atoms with Crippen LogP contribution in [0.4, 0.5) is 4.39 Å². The van der Waals surface area contributed by atoms with Crippen molar-refractivity contribution in [2.24, 2.45) is 0 Å². The lowest BCUT2D eigenvalue weighted by Gasteiger charge is -2.38. The number of fused-ring (bicyclic) bond motifs is 1. The van der Waals surface area contributed by atoms with Crippen molar-refractivity contribution in [2.75, 3.05) is 33.7 Å². The van der Waals surface area contributed by atoms with Gasteiger partial charge in [0, 0.05) is 26.1 Å². The summed E-state index contributed by atoms with van der Waals surface area (Å²) >= 11 is 0. The van der Waals surface area contributed by atoms with E-state index in [1.54, 1.807) is 11.0 Å². The first-order valence-electron chi connectivity index (χ1n) is 12.0. The molecule has 190 valence electrons. The fraction of sp³-hybridized carbons (Fsp3) is 0.370. The summed E-state index contributed by atoms with van der Waals surface area (Å²) in [6, 6.07) is 11.7. The van der Waals surface area contributed by atoms with Crippen LogP contribution in [-0.2, 0) is 17.8 Å². The van der Waals surface area contributed by atoms with Crippen LogP contribution >= 0.6 is 0 Å². The number of carbonyl (C=O) groups excluding carboxylic acids is 2. The number of aromatic nitrogens is 1. The van der Waals surface area contributed by atoms with E-state index in [1.807, 2.05) is 50.2 Å². The number of hydrogen-bond acceptors (Lipinski definition) is 6. The molecule has 4 rings (SSSR count). The van der Waals surface area contributed by atoms with Crippen molar-refractivity contribution in [3.63, 3.8) is 0 Å². The molecule has 8 nitrogen and oxygen atoms in total. The molecular formula is C27H31FN4O4. The van der Waals surface area contributed by atoms with Gasteiger partial charge in [0.2, 0.25) is 11.8 Å². The lowest BCUT2D eigenvalue weighted by molar-refractivity contribution is -0.132. The summed E-state index contributed by atoms with van der Waals surface area (Å²) in [5.74, 6) is 0.198. The molecule has 1 N–H and O–H groups in total. The molecule has 0 saturated carbocycles. The number of nitrogens with zero attached hydrogens (tertiary/aromatic N) is 3. The van der Waals surface area contributed by atoms with E-state index in [-0.39, 0.29) is 35.8 Å². The van der Waals surface area contributed by atoms with Gasteiger partial charge in [0.1, 0.15) is 17.8 Å². The number of likely N-dealkylation sites (N-methyl/N-ethyl adjacent to an activating group) is 1. The molecule has 2 heterocycles. The van der Waals surface area contributed by atoms with E-state index < -0.39 is 6.04 Å². The average Bonchev–Trinajstić information content (AvgIpc) is 3.35. The Hall–Kier alpha value is -3.72. The predicted octanol–water partition coefficient (Wildman–Crippen LogP) is 3.57. The minimum absolute atomic E-state index is 0.0115. The molecule has 36 heavy (non-hydrogen) atoms. The van der Waals surface area contributed by atoms with Gasteiger partial charge in [0.25, 0.3) is 5.91 Å². The molecule has 0 aliphatic carbocycles. The van der Waals surface area contributed by atoms with Gasteiger partial charge in [-0.25, -0.2) is 9.37 Å². The smallest absolute Gasteiger partial charge is 0.273 e. The molecule has 0 radical (unpaired) electrons. The Morgan fingerprint density at radius 2 is 2.08 bits per heavy atom. The van der Waals surface area contributed by atoms with Gasteiger partial charge in [-0.1, -0.05) is 25.1 Å². The van der Waals surface area contributed by atoms with Crippen LogP contribution < -0.4 is 10.1 Å². The van der Waals surface area contributed by atoms with Gasteiger partial charge in [-0.2, -0.15) is 0 Å². The van der Waals surface area contributed by atoms with Crippen molar-refractivity contribution in [1.82, 2.24) is 20.1 Å². The van der Waals surface area contributed by atoms with E-state index in [4.69, 9.17) is 9.15 Å². The Kier molecular flexibility index (Phi) is 8.00. The second kappa shape index (κ2) is 11.3. The van der Waals surface area contributed by atoms with Crippen LogP contribution in [0, 0.1) is 5.82 Å². The molecule has 3 aromatic rings. The third kappa shape index (κ3) is 5.91. The van der Waals surface area contributed by atoms with Crippen molar-refractivity contribution >= 4 is 11.8 Å². The molecule has 2 amide bonds. The average molecular weight is 495 g/mol. The Morgan fingerprint density at radius 3 is 2.83 bits per heavy atom. The Morgan fingerprint density at radius 1 is 1.25 bits per heavy atom. The monoisotopic (exact) mass is 494 g/mol. The van der Waals surface area contributed by atoms with Crippen LogP contribution in [0.3, 0.4) is 0 Å². The van der Waals surface area contributed by atoms with Crippen molar-refractivity contribution in [2.45, 2.75) is 32.4 Å². The summed E-state index contributed by atoms with van der Waals surface area (Å²) in [5.41, 5.74) is 2.90. The molecule has 1 aliphatic rings. The number of ether oxygens (including phenoxy) is 1. The van der Waals surface area contributed by atoms with Crippen LogP contribution in [0.25, 0.3) is 0 Å². The van der Waals surface area contributed by atoms with Gasteiger partial charge in [-0.05, 0) is 61.5 Å². The minimum atomic E-state index is -0.403. The van der Waals surface area contributed by atoms with E-state index in [0.717, 1.165) is 17.7 Å². The Balaban J connectivity index is 1.50. The van der Waals surface area contributed by atoms with Crippen LogP contribution in [-0.4, -0.2) is 60.3 Å². The zero-order chi connectivity index (χ0) is 25.7. The number of oxazole rings is 1. The van der Waals surface area contributed by atoms with Crippen molar-refractivity contribution < 1.29 is 23.1 Å². The summed E-state index contributed by atoms with van der Waals surface area (Å²) < 4.78 is 25.4. The van der Waals surface area contributed by atoms with E-state index in [0.29, 0.717) is 37.2 Å². The highest BCUT2D eigenvalue weighted by Crippen LogP contribution is 2.37. The molecule has 0 spiro atoms. The zero-order valence-corrected chi connectivity index (χ0v) is 20.8. The van der Waals surface area contributed by atoms with E-state index in [9.17, 15) is 14.0 Å². The Labute approximate surface area is 210 Å². The molecule has 1 aliphatic heterocycles. The predicted molar refractivity (Wildman–Crippen MR) is 132 cm³/mol. The van der Waals surface area contributed by atoms with E-state index >= 15 is 0 Å². The van der Waals surface area contributed by atoms with Gasteiger partial charge in [0.05, 0.1) is 6.04 Å². The number of hydrogen-bond donors (Lipinski definition) is 1. The van der Waals surface area contributed by atoms with Crippen LogP contribution in [0.1, 0.15) is 52.5 Å². The summed E-state index contributed by atoms with van der Waals surface area (Å²) in [6.45, 7) is 3.65. The van der Waals surface area contributed by atoms with Crippen molar-refractivity contribution in [3.05, 3.63) is 82.8 Å². The van der Waals surface area contributed by atoms with Crippen LogP contribution in [0.5, 0.6) is 5.75 Å². The first-order chi connectivity index (χ1) is 17.4. The summed E-state index contributed by atoms with van der Waals surface area (Å²) in [4.78, 5) is 33.0. The SMILES string of the molecule is CCC(=O)N1CCc2ccc(OCc3nc(C(=O)NCCN(C)C)co3)cc2C1c1cccc(F)c1. The highest BCUT2D eigenvalue weighted by molar-refractivity contribution is 5.91. The maximum absolute atomic E-state index is 14.1. The van der Waals surface area contributed by atoms with Gasteiger partial charge in [-0.3, -0.25) is 9.59 Å². The number of nitrogens with one attached hydrogen (secondary N) is 1. The molecule has 0 fully saturated rings. The van der Waals surface area contributed by atoms with E-state index in [2.05, 4.69) is 10.3 Å². The quantitative estimate of drug-likeness (QED) is 0.489. The lowest BCUT2D eigenvalue weighted by Crippen LogP contribution is -2.40. The maximum atomic E-state index is 14.1. The molecule has 2 aromatic carbocycles. The summed E-state index contributed by atoms with van der Waals surface area (Å²) in [6.07, 6.45) is 2.39. The van der Waals surface area contributed by atoms with Gasteiger partial charge < -0.3 is 24.3 Å². The summed E-state index contributed by atoms with van der Waals surface area (Å²) in [5, 5.41) is 2.79. The van der Waals surface area contributed by atoms with Crippen LogP contribution in [0.15, 0.2) is 53.1 Å². The normalized spacial score (nSPS) is 15.0. The third-order valence-corrected chi connectivity index (χ3v) is 6.12. The number of rotatable bonds is 9. The molecular weight excluding hydrogens is 463 g/mol. The zero-order valence-electron chi connectivity index (χ0n) is 20.8. The third-order valence-electron chi connectivity index (χ3n) is 6.12. The van der Waals surface area contributed by atoms with Crippen molar-refractivity contribution in [1.29, 1.82) is 0 Å². The van der Waals surface area contributed by atoms with Gasteiger partial charge >= 0.3 is 0 Å². The number of benzene rings is 2. The largest absolute Gasteiger partial charge is 0.484 e.